The maximum atomic E-state index is 14.5. The number of hydrogen-bond acceptors (Lipinski definition) is 4. The monoisotopic (exact) mass is 582 g/mol. The first-order chi connectivity index (χ1) is 21.7. The second-order valence-electron chi connectivity index (χ2n) is 11.9. The highest BCUT2D eigenvalue weighted by molar-refractivity contribution is 5.98. The lowest BCUT2D eigenvalue weighted by atomic mass is 10.1. The van der Waals surface area contributed by atoms with Gasteiger partial charge in [-0.25, -0.2) is 4.98 Å². The zero-order chi connectivity index (χ0) is 29.7. The van der Waals surface area contributed by atoms with Crippen molar-refractivity contribution in [2.75, 3.05) is 26.2 Å². The summed E-state index contributed by atoms with van der Waals surface area (Å²) in [6.07, 6.45) is 3.76. The predicted molar refractivity (Wildman–Crippen MR) is 173 cm³/mol. The number of ether oxygens (including phenoxy) is 1. The third kappa shape index (κ3) is 6.09. The molecule has 0 bridgehead atoms. The van der Waals surface area contributed by atoms with Crippen LogP contribution in [0.1, 0.15) is 38.8 Å². The molecule has 6 nitrogen and oxygen atoms in total. The number of fused-ring (bicyclic) bond motifs is 1. The number of amides is 1. The van der Waals surface area contributed by atoms with Crippen molar-refractivity contribution < 1.29 is 9.53 Å². The molecule has 6 heteroatoms. The van der Waals surface area contributed by atoms with Crippen LogP contribution in [0.5, 0.6) is 0 Å². The van der Waals surface area contributed by atoms with Gasteiger partial charge in [-0.1, -0.05) is 115 Å². The highest BCUT2D eigenvalue weighted by atomic mass is 16.5. The number of carbonyl (C=O) groups excluding carboxylic acids is 1. The predicted octanol–water partition coefficient (Wildman–Crippen LogP) is 6.43. The Balaban J connectivity index is 1.16. The van der Waals surface area contributed by atoms with Gasteiger partial charge in [-0.3, -0.25) is 9.69 Å². The number of nitrogens with zero attached hydrogens (tertiary/aromatic N) is 4. The molecular weight excluding hydrogens is 544 g/mol. The van der Waals surface area contributed by atoms with Gasteiger partial charge in [0.25, 0.3) is 5.91 Å². The summed E-state index contributed by atoms with van der Waals surface area (Å²) in [6.45, 7) is 4.00. The second kappa shape index (κ2) is 13.0. The first-order valence-electron chi connectivity index (χ1n) is 15.6. The van der Waals surface area contributed by atoms with Crippen LogP contribution in [-0.2, 0) is 30.7 Å². The summed E-state index contributed by atoms with van der Waals surface area (Å²) in [6, 6.07) is 39.8. The van der Waals surface area contributed by atoms with Crippen molar-refractivity contribution in [2.45, 2.75) is 38.1 Å². The highest BCUT2D eigenvalue weighted by Gasteiger charge is 2.35. The molecule has 7 rings (SSSR count). The summed E-state index contributed by atoms with van der Waals surface area (Å²) in [5, 5.41) is 0. The molecule has 1 amide bonds. The molecule has 1 aromatic heterocycles. The topological polar surface area (TPSA) is 50.6 Å². The lowest BCUT2D eigenvalue weighted by Crippen LogP contribution is -2.56. The van der Waals surface area contributed by atoms with E-state index in [4.69, 9.17) is 9.72 Å². The van der Waals surface area contributed by atoms with Crippen molar-refractivity contribution in [2.24, 2.45) is 0 Å². The van der Waals surface area contributed by atoms with Gasteiger partial charge < -0.3 is 14.2 Å². The number of carbonyl (C=O) groups is 1. The molecule has 0 spiro atoms. The minimum atomic E-state index is -0.0896. The number of imidazole rings is 1. The van der Waals surface area contributed by atoms with E-state index in [-0.39, 0.29) is 18.0 Å². The van der Waals surface area contributed by atoms with Gasteiger partial charge in [0, 0.05) is 37.8 Å². The zero-order valence-corrected chi connectivity index (χ0v) is 25.0. The molecule has 4 aromatic carbocycles. The Labute approximate surface area is 259 Å². The Hall–Kier alpha value is -4.52. The van der Waals surface area contributed by atoms with Crippen molar-refractivity contribution in [1.82, 2.24) is 19.4 Å². The number of piperazine rings is 1. The molecule has 44 heavy (non-hydrogen) atoms. The Morgan fingerprint density at radius 3 is 2.05 bits per heavy atom. The molecule has 1 aliphatic carbocycles. The van der Waals surface area contributed by atoms with E-state index in [0.29, 0.717) is 25.5 Å². The Morgan fingerprint density at radius 2 is 1.36 bits per heavy atom. The van der Waals surface area contributed by atoms with Gasteiger partial charge in [-0.15, -0.1) is 0 Å². The standard InChI is InChI=1S/C38H38N4O2/c43-38(36-37(31-16-8-3-9-17-31)42(28-39-36)34-22-32-18-10-11-19-33(32)23-34)41-21-20-40(24-29-12-4-1-5-13-29)25-35(41)27-44-26-30-14-6-2-7-15-30/h1-19,28,34-35H,20-27H2/t35-/m0/s1. The molecule has 0 unspecified atom stereocenters. The van der Waals surface area contributed by atoms with Crippen molar-refractivity contribution in [3.05, 3.63) is 150 Å². The van der Waals surface area contributed by atoms with Crippen molar-refractivity contribution in [1.29, 1.82) is 0 Å². The number of rotatable bonds is 9. The molecule has 1 atom stereocenters. The lowest BCUT2D eigenvalue weighted by molar-refractivity contribution is 0.00480. The summed E-state index contributed by atoms with van der Waals surface area (Å²) >= 11 is 0. The van der Waals surface area contributed by atoms with Crippen LogP contribution in [0.2, 0.25) is 0 Å². The molecule has 0 radical (unpaired) electrons. The quantitative estimate of drug-likeness (QED) is 0.201. The molecule has 0 N–H and O–H groups in total. The molecule has 1 aliphatic heterocycles. The van der Waals surface area contributed by atoms with Gasteiger partial charge in [0.1, 0.15) is 0 Å². The van der Waals surface area contributed by atoms with E-state index in [2.05, 4.69) is 82.3 Å². The van der Waals surface area contributed by atoms with Crippen LogP contribution in [-0.4, -0.2) is 57.5 Å². The van der Waals surface area contributed by atoms with E-state index < -0.39 is 0 Å². The molecule has 2 aliphatic rings. The fourth-order valence-electron chi connectivity index (χ4n) is 6.75. The van der Waals surface area contributed by atoms with E-state index in [0.717, 1.165) is 49.3 Å². The van der Waals surface area contributed by atoms with Crippen LogP contribution in [0.4, 0.5) is 0 Å². The molecule has 222 valence electrons. The summed E-state index contributed by atoms with van der Waals surface area (Å²) in [7, 11) is 0. The van der Waals surface area contributed by atoms with Gasteiger partial charge in [0.15, 0.2) is 5.69 Å². The fraction of sp³-hybridized carbons (Fsp3) is 0.263. The minimum absolute atomic E-state index is 0.0224. The maximum Gasteiger partial charge on any atom is 0.275 e. The second-order valence-corrected chi connectivity index (χ2v) is 11.9. The largest absolute Gasteiger partial charge is 0.375 e. The van der Waals surface area contributed by atoms with E-state index in [9.17, 15) is 4.79 Å². The van der Waals surface area contributed by atoms with E-state index >= 15 is 0 Å². The number of aromatic nitrogens is 2. The molecule has 2 heterocycles. The summed E-state index contributed by atoms with van der Waals surface area (Å²) < 4.78 is 8.51. The van der Waals surface area contributed by atoms with Crippen LogP contribution in [0.15, 0.2) is 122 Å². The minimum Gasteiger partial charge on any atom is -0.375 e. The first-order valence-corrected chi connectivity index (χ1v) is 15.6. The average molecular weight is 583 g/mol. The van der Waals surface area contributed by atoms with Gasteiger partial charge in [0.2, 0.25) is 0 Å². The summed E-state index contributed by atoms with van der Waals surface area (Å²) in [5.41, 5.74) is 7.61. The van der Waals surface area contributed by atoms with Crippen molar-refractivity contribution in [3.63, 3.8) is 0 Å². The summed E-state index contributed by atoms with van der Waals surface area (Å²) in [5.74, 6) is -0.0224. The molecule has 1 saturated heterocycles. The lowest BCUT2D eigenvalue weighted by Gasteiger charge is -2.41. The third-order valence-corrected chi connectivity index (χ3v) is 8.96. The van der Waals surface area contributed by atoms with E-state index in [1.165, 1.54) is 16.7 Å². The van der Waals surface area contributed by atoms with Crippen LogP contribution < -0.4 is 0 Å². The van der Waals surface area contributed by atoms with Gasteiger partial charge in [-0.05, 0) is 35.1 Å². The van der Waals surface area contributed by atoms with Gasteiger partial charge in [0.05, 0.1) is 31.3 Å². The SMILES string of the molecule is O=C(c1ncn(C2Cc3ccccc3C2)c1-c1ccccc1)N1CCN(Cc2ccccc2)C[C@H]1COCc1ccccc1. The fourth-order valence-corrected chi connectivity index (χ4v) is 6.75. The van der Waals surface area contributed by atoms with Crippen molar-refractivity contribution in [3.8, 4) is 11.3 Å². The van der Waals surface area contributed by atoms with Crippen LogP contribution in [0, 0.1) is 0 Å². The van der Waals surface area contributed by atoms with Crippen LogP contribution >= 0.6 is 0 Å². The highest BCUT2D eigenvalue weighted by Crippen LogP contribution is 2.35. The third-order valence-electron chi connectivity index (χ3n) is 8.96. The molecule has 0 saturated carbocycles. The Morgan fingerprint density at radius 1 is 0.750 bits per heavy atom. The van der Waals surface area contributed by atoms with Crippen LogP contribution in [0.3, 0.4) is 0 Å². The maximum absolute atomic E-state index is 14.5. The Kier molecular flexibility index (Phi) is 8.35. The number of hydrogen-bond donors (Lipinski definition) is 0. The molecule has 1 fully saturated rings. The van der Waals surface area contributed by atoms with E-state index in [1.54, 1.807) is 0 Å². The van der Waals surface area contributed by atoms with Crippen molar-refractivity contribution >= 4 is 5.91 Å². The van der Waals surface area contributed by atoms with E-state index in [1.807, 2.05) is 53.7 Å². The smallest absolute Gasteiger partial charge is 0.275 e. The van der Waals surface area contributed by atoms with Gasteiger partial charge >= 0.3 is 0 Å². The Bertz CT molecular complexity index is 1660. The number of benzene rings is 4. The molecule has 5 aromatic rings. The van der Waals surface area contributed by atoms with Gasteiger partial charge in [-0.2, -0.15) is 0 Å². The van der Waals surface area contributed by atoms with Crippen LogP contribution in [0.25, 0.3) is 11.3 Å². The average Bonchev–Trinajstić information content (AvgIpc) is 3.71. The first kappa shape index (κ1) is 28.3. The summed E-state index contributed by atoms with van der Waals surface area (Å²) in [4.78, 5) is 23.8. The zero-order valence-electron chi connectivity index (χ0n) is 25.0. The molecular formula is C38H38N4O2. The normalized spacial score (nSPS) is 17.1.